The van der Waals surface area contributed by atoms with E-state index in [0.29, 0.717) is 0 Å². The maximum atomic E-state index is 5.29. The van der Waals surface area contributed by atoms with Gasteiger partial charge in [0, 0.05) is 0 Å². The highest BCUT2D eigenvalue weighted by Crippen LogP contribution is 2.10. The molecule has 0 aromatic heterocycles. The minimum atomic E-state index is -0.0926. The lowest BCUT2D eigenvalue weighted by molar-refractivity contribution is -0.0161. The quantitative estimate of drug-likeness (QED) is 0.496. The average molecular weight is 128 g/mol. The average Bonchev–Trinajstić information content (AvgIpc) is 2.17. The van der Waals surface area contributed by atoms with E-state index in [1.54, 1.807) is 0 Å². The highest BCUT2D eigenvalue weighted by Gasteiger charge is 2.18. The topological polar surface area (TPSA) is 18.5 Å². The zero-order valence-corrected chi connectivity index (χ0v) is 5.83. The second-order valence-corrected chi connectivity index (χ2v) is 2.17. The number of allylic oxidation sites excluding steroid dienone is 1. The molecule has 1 rings (SSSR count). The van der Waals surface area contributed by atoms with Crippen molar-refractivity contribution in [2.45, 2.75) is 26.2 Å². The van der Waals surface area contributed by atoms with E-state index in [-0.39, 0.29) is 12.4 Å². The normalized spacial score (nSPS) is 36.2. The summed E-state index contributed by atoms with van der Waals surface area (Å²) >= 11 is 0. The molecule has 2 atom stereocenters. The Hall–Kier alpha value is -0.340. The van der Waals surface area contributed by atoms with Crippen LogP contribution in [0.25, 0.3) is 0 Å². The predicted octanol–water partition coefficient (Wildman–Crippen LogP) is 1.32. The maximum Gasteiger partial charge on any atom is 0.177 e. The fraction of sp³-hybridized carbons (Fsp3) is 0.714. The van der Waals surface area contributed by atoms with Crippen LogP contribution in [0.2, 0.25) is 0 Å². The van der Waals surface area contributed by atoms with Crippen LogP contribution in [0.4, 0.5) is 0 Å². The third kappa shape index (κ3) is 1.80. The van der Waals surface area contributed by atoms with Crippen molar-refractivity contribution < 1.29 is 9.47 Å². The van der Waals surface area contributed by atoms with E-state index < -0.39 is 0 Å². The molecule has 1 heterocycles. The Kier molecular flexibility index (Phi) is 2.25. The van der Waals surface area contributed by atoms with Gasteiger partial charge in [-0.25, -0.2) is 0 Å². The van der Waals surface area contributed by atoms with E-state index in [2.05, 4.69) is 0 Å². The Morgan fingerprint density at radius 2 is 2.33 bits per heavy atom. The Bertz CT molecular complexity index is 109. The number of rotatable bonds is 1. The van der Waals surface area contributed by atoms with Crippen LogP contribution in [-0.4, -0.2) is 19.0 Å². The molecule has 0 bridgehead atoms. The van der Waals surface area contributed by atoms with Crippen LogP contribution in [-0.2, 0) is 9.47 Å². The first-order valence-corrected chi connectivity index (χ1v) is 3.23. The van der Waals surface area contributed by atoms with E-state index >= 15 is 0 Å². The van der Waals surface area contributed by atoms with Gasteiger partial charge in [-0.3, -0.25) is 0 Å². The molecule has 0 aromatic carbocycles. The van der Waals surface area contributed by atoms with Gasteiger partial charge in [0.2, 0.25) is 0 Å². The Morgan fingerprint density at radius 1 is 1.56 bits per heavy atom. The van der Waals surface area contributed by atoms with Crippen LogP contribution in [0.15, 0.2) is 12.2 Å². The molecule has 9 heavy (non-hydrogen) atoms. The van der Waals surface area contributed by atoms with Crippen molar-refractivity contribution in [2.24, 2.45) is 0 Å². The first-order valence-electron chi connectivity index (χ1n) is 3.23. The van der Waals surface area contributed by atoms with Gasteiger partial charge in [0.25, 0.3) is 0 Å². The first-order chi connectivity index (χ1) is 4.33. The highest BCUT2D eigenvalue weighted by molar-refractivity contribution is 4.83. The lowest BCUT2D eigenvalue weighted by Gasteiger charge is -2.01. The van der Waals surface area contributed by atoms with Gasteiger partial charge in [-0.2, -0.15) is 0 Å². The molecule has 1 aliphatic heterocycles. The van der Waals surface area contributed by atoms with Crippen LogP contribution >= 0.6 is 0 Å². The number of hydrogen-bond donors (Lipinski definition) is 0. The Labute approximate surface area is 55.5 Å². The SMILES string of the molecule is C/C=C\[C@H]1OC[C@@H](C)O1. The molecule has 0 saturated carbocycles. The van der Waals surface area contributed by atoms with Crippen LogP contribution in [0, 0.1) is 0 Å². The van der Waals surface area contributed by atoms with Crippen molar-refractivity contribution in [2.75, 3.05) is 6.61 Å². The van der Waals surface area contributed by atoms with E-state index in [0.717, 1.165) is 6.61 Å². The molecule has 0 radical (unpaired) electrons. The summed E-state index contributed by atoms with van der Waals surface area (Å²) in [5.74, 6) is 0. The summed E-state index contributed by atoms with van der Waals surface area (Å²) in [4.78, 5) is 0. The van der Waals surface area contributed by atoms with Crippen molar-refractivity contribution in [3.8, 4) is 0 Å². The number of ether oxygens (including phenoxy) is 2. The second kappa shape index (κ2) is 2.99. The van der Waals surface area contributed by atoms with Crippen molar-refractivity contribution >= 4 is 0 Å². The van der Waals surface area contributed by atoms with Crippen LogP contribution in [0.1, 0.15) is 13.8 Å². The molecule has 0 spiro atoms. The van der Waals surface area contributed by atoms with E-state index in [1.165, 1.54) is 0 Å². The summed E-state index contributed by atoms with van der Waals surface area (Å²) in [6.45, 7) is 4.67. The van der Waals surface area contributed by atoms with Crippen LogP contribution in [0.3, 0.4) is 0 Å². The molecule has 1 fully saturated rings. The molecule has 2 nitrogen and oxygen atoms in total. The lowest BCUT2D eigenvalue weighted by Crippen LogP contribution is -2.05. The summed E-state index contributed by atoms with van der Waals surface area (Å²) in [6.07, 6.45) is 4.00. The molecule has 1 aliphatic rings. The minimum absolute atomic E-state index is 0.0926. The van der Waals surface area contributed by atoms with Crippen LogP contribution in [0.5, 0.6) is 0 Å². The molecular weight excluding hydrogens is 116 g/mol. The third-order valence-electron chi connectivity index (χ3n) is 1.21. The summed E-state index contributed by atoms with van der Waals surface area (Å²) in [5.41, 5.74) is 0. The van der Waals surface area contributed by atoms with Gasteiger partial charge >= 0.3 is 0 Å². The molecule has 0 N–H and O–H groups in total. The number of hydrogen-bond acceptors (Lipinski definition) is 2. The molecule has 52 valence electrons. The van der Waals surface area contributed by atoms with Crippen molar-refractivity contribution in [3.05, 3.63) is 12.2 Å². The minimum Gasteiger partial charge on any atom is -0.346 e. The molecule has 0 unspecified atom stereocenters. The van der Waals surface area contributed by atoms with Gasteiger partial charge in [0.05, 0.1) is 12.7 Å². The molecule has 0 aromatic rings. The molecule has 2 heteroatoms. The van der Waals surface area contributed by atoms with Crippen molar-refractivity contribution in [3.63, 3.8) is 0 Å². The molecule has 0 amide bonds. The maximum absolute atomic E-state index is 5.29. The second-order valence-electron chi connectivity index (χ2n) is 2.17. The standard InChI is InChI=1S/C7H12O2/c1-3-4-7-8-5-6(2)9-7/h3-4,6-7H,5H2,1-2H3/b4-3-/t6-,7+/m1/s1. The highest BCUT2D eigenvalue weighted by atomic mass is 16.7. The zero-order valence-electron chi connectivity index (χ0n) is 5.83. The molecule has 0 aliphatic carbocycles. The van der Waals surface area contributed by atoms with Gasteiger partial charge in [-0.05, 0) is 19.9 Å². The monoisotopic (exact) mass is 128 g/mol. The molecular formula is C7H12O2. The van der Waals surface area contributed by atoms with Gasteiger partial charge in [0.1, 0.15) is 0 Å². The third-order valence-corrected chi connectivity index (χ3v) is 1.21. The summed E-state index contributed by atoms with van der Waals surface area (Å²) < 4.78 is 10.5. The summed E-state index contributed by atoms with van der Waals surface area (Å²) in [7, 11) is 0. The van der Waals surface area contributed by atoms with Gasteiger partial charge in [-0.1, -0.05) is 6.08 Å². The van der Waals surface area contributed by atoms with Gasteiger partial charge < -0.3 is 9.47 Å². The van der Waals surface area contributed by atoms with Crippen molar-refractivity contribution in [1.82, 2.24) is 0 Å². The van der Waals surface area contributed by atoms with Crippen molar-refractivity contribution in [1.29, 1.82) is 0 Å². The van der Waals surface area contributed by atoms with Gasteiger partial charge in [-0.15, -0.1) is 0 Å². The predicted molar refractivity (Wildman–Crippen MR) is 35.1 cm³/mol. The summed E-state index contributed by atoms with van der Waals surface area (Å²) in [5, 5.41) is 0. The van der Waals surface area contributed by atoms with E-state index in [1.807, 2.05) is 26.0 Å². The summed E-state index contributed by atoms with van der Waals surface area (Å²) in [6, 6.07) is 0. The first kappa shape index (κ1) is 6.78. The van der Waals surface area contributed by atoms with Crippen LogP contribution < -0.4 is 0 Å². The largest absolute Gasteiger partial charge is 0.346 e. The molecule has 1 saturated heterocycles. The lowest BCUT2D eigenvalue weighted by atomic mass is 10.5. The fourth-order valence-corrected chi connectivity index (χ4v) is 0.796. The Balaban J connectivity index is 2.30. The Morgan fingerprint density at radius 3 is 2.78 bits per heavy atom. The van der Waals surface area contributed by atoms with E-state index in [4.69, 9.17) is 9.47 Å². The zero-order chi connectivity index (χ0) is 6.69. The van der Waals surface area contributed by atoms with Gasteiger partial charge in [0.15, 0.2) is 6.29 Å². The fourth-order valence-electron chi connectivity index (χ4n) is 0.796. The smallest absolute Gasteiger partial charge is 0.177 e. The van der Waals surface area contributed by atoms with E-state index in [9.17, 15) is 0 Å².